The lowest BCUT2D eigenvalue weighted by Gasteiger charge is -2.17. The van der Waals surface area contributed by atoms with Gasteiger partial charge in [-0.25, -0.2) is 8.42 Å². The first-order chi connectivity index (χ1) is 12.0. The predicted octanol–water partition coefficient (Wildman–Crippen LogP) is 2.67. The summed E-state index contributed by atoms with van der Waals surface area (Å²) in [7, 11) is -3.41. The summed E-state index contributed by atoms with van der Waals surface area (Å²) in [5, 5.41) is 4.04. The van der Waals surface area contributed by atoms with E-state index in [4.69, 9.17) is 10.3 Å². The summed E-state index contributed by atoms with van der Waals surface area (Å²) < 4.78 is 32.0. The van der Waals surface area contributed by atoms with Crippen LogP contribution in [0, 0.1) is 0 Å². The van der Waals surface area contributed by atoms with Crippen LogP contribution in [-0.2, 0) is 15.6 Å². The molecule has 4 rings (SSSR count). The van der Waals surface area contributed by atoms with E-state index in [-0.39, 0.29) is 12.4 Å². The number of aromatic nitrogens is 2. The molecule has 2 N–H and O–H groups in total. The quantitative estimate of drug-likeness (QED) is 0.849. The summed E-state index contributed by atoms with van der Waals surface area (Å²) in [6.07, 6.45) is 5.71. The van der Waals surface area contributed by atoms with Crippen molar-refractivity contribution in [1.82, 2.24) is 14.4 Å². The lowest BCUT2D eigenvalue weighted by molar-refractivity contribution is 0.372. The molecule has 0 radical (unpaired) electrons. The summed E-state index contributed by atoms with van der Waals surface area (Å²) in [6, 6.07) is 6.61. The zero-order chi connectivity index (χ0) is 17.5. The van der Waals surface area contributed by atoms with Crippen molar-refractivity contribution in [2.45, 2.75) is 49.0 Å². The molecular formula is C17H23ClN4O3S. The lowest BCUT2D eigenvalue weighted by Crippen LogP contribution is -2.34. The largest absolute Gasteiger partial charge is 0.334 e. The SMILES string of the molecule is Cl.NC1(c2noc(-c3ccc(S(=O)(=O)N4CCCC4)cc3)n2)CCCC1. The molecule has 2 aromatic rings. The van der Waals surface area contributed by atoms with Crippen LogP contribution in [0.3, 0.4) is 0 Å². The molecule has 9 heteroatoms. The third-order valence-electron chi connectivity index (χ3n) is 5.17. The van der Waals surface area contributed by atoms with E-state index >= 15 is 0 Å². The highest BCUT2D eigenvalue weighted by molar-refractivity contribution is 7.89. The molecule has 0 atom stereocenters. The van der Waals surface area contributed by atoms with Gasteiger partial charge in [0.2, 0.25) is 10.0 Å². The maximum absolute atomic E-state index is 12.6. The number of nitrogens with two attached hydrogens (primary N) is 1. The van der Waals surface area contributed by atoms with Crippen LogP contribution in [0.2, 0.25) is 0 Å². The monoisotopic (exact) mass is 398 g/mol. The average Bonchev–Trinajstić information content (AvgIpc) is 3.36. The predicted molar refractivity (Wildman–Crippen MR) is 99.3 cm³/mol. The van der Waals surface area contributed by atoms with Gasteiger partial charge in [0.15, 0.2) is 5.82 Å². The molecule has 1 saturated carbocycles. The third-order valence-corrected chi connectivity index (χ3v) is 7.08. The van der Waals surface area contributed by atoms with Gasteiger partial charge >= 0.3 is 0 Å². The van der Waals surface area contributed by atoms with Gasteiger partial charge in [0.1, 0.15) is 0 Å². The lowest BCUT2D eigenvalue weighted by atomic mass is 9.99. The zero-order valence-electron chi connectivity index (χ0n) is 14.4. The van der Waals surface area contributed by atoms with Gasteiger partial charge in [-0.05, 0) is 49.9 Å². The Labute approximate surface area is 159 Å². The van der Waals surface area contributed by atoms with Crippen molar-refractivity contribution in [3.8, 4) is 11.5 Å². The molecule has 0 amide bonds. The van der Waals surface area contributed by atoms with Crippen LogP contribution < -0.4 is 5.73 Å². The van der Waals surface area contributed by atoms with Gasteiger partial charge in [-0.2, -0.15) is 9.29 Å². The standard InChI is InChI=1S/C17H22N4O3S.ClH/c18-17(9-1-2-10-17)16-19-15(24-20-16)13-5-7-14(8-6-13)25(22,23)21-11-3-4-12-21;/h5-8H,1-4,9-12,18H2;1H. The fraction of sp³-hybridized carbons (Fsp3) is 0.529. The van der Waals surface area contributed by atoms with E-state index in [9.17, 15) is 8.42 Å². The van der Waals surface area contributed by atoms with Crippen LogP contribution in [0.15, 0.2) is 33.7 Å². The second-order valence-electron chi connectivity index (χ2n) is 6.92. The summed E-state index contributed by atoms with van der Waals surface area (Å²) in [5.74, 6) is 0.908. The number of halogens is 1. The smallest absolute Gasteiger partial charge is 0.257 e. The molecule has 26 heavy (non-hydrogen) atoms. The average molecular weight is 399 g/mol. The number of hydrogen-bond acceptors (Lipinski definition) is 6. The molecule has 0 unspecified atom stereocenters. The van der Waals surface area contributed by atoms with Crippen LogP contribution in [0.25, 0.3) is 11.5 Å². The molecule has 1 saturated heterocycles. The Bertz CT molecular complexity index is 854. The number of sulfonamides is 1. The Morgan fingerprint density at radius 3 is 2.27 bits per heavy atom. The Kier molecular flexibility index (Phi) is 5.39. The summed E-state index contributed by atoms with van der Waals surface area (Å²) >= 11 is 0. The summed E-state index contributed by atoms with van der Waals surface area (Å²) in [6.45, 7) is 1.19. The summed E-state index contributed by atoms with van der Waals surface area (Å²) in [5.41, 5.74) is 6.55. The van der Waals surface area contributed by atoms with E-state index in [1.807, 2.05) is 0 Å². The van der Waals surface area contributed by atoms with Crippen molar-refractivity contribution in [2.24, 2.45) is 5.73 Å². The Hall–Kier alpha value is -1.48. The molecule has 1 aromatic carbocycles. The topological polar surface area (TPSA) is 102 Å². The van der Waals surface area contributed by atoms with Gasteiger partial charge in [0.25, 0.3) is 5.89 Å². The van der Waals surface area contributed by atoms with Gasteiger partial charge in [-0.1, -0.05) is 18.0 Å². The second-order valence-corrected chi connectivity index (χ2v) is 8.86. The highest BCUT2D eigenvalue weighted by atomic mass is 35.5. The molecular weight excluding hydrogens is 376 g/mol. The zero-order valence-corrected chi connectivity index (χ0v) is 16.1. The van der Waals surface area contributed by atoms with Gasteiger partial charge in [-0.15, -0.1) is 12.4 Å². The highest BCUT2D eigenvalue weighted by Gasteiger charge is 2.36. The van der Waals surface area contributed by atoms with Crippen LogP contribution in [0.4, 0.5) is 0 Å². The number of nitrogens with zero attached hydrogens (tertiary/aromatic N) is 3. The van der Waals surface area contributed by atoms with Crippen LogP contribution >= 0.6 is 12.4 Å². The minimum atomic E-state index is -3.41. The third kappa shape index (κ3) is 3.38. The van der Waals surface area contributed by atoms with Crippen molar-refractivity contribution in [3.05, 3.63) is 30.1 Å². The van der Waals surface area contributed by atoms with E-state index < -0.39 is 15.6 Å². The molecule has 2 heterocycles. The number of rotatable bonds is 4. The van der Waals surface area contributed by atoms with E-state index in [0.29, 0.717) is 35.3 Å². The van der Waals surface area contributed by atoms with Gasteiger partial charge in [0.05, 0.1) is 10.4 Å². The van der Waals surface area contributed by atoms with E-state index in [1.165, 1.54) is 4.31 Å². The van der Waals surface area contributed by atoms with Gasteiger partial charge in [-0.3, -0.25) is 0 Å². The fourth-order valence-corrected chi connectivity index (χ4v) is 5.14. The molecule has 1 aliphatic carbocycles. The maximum Gasteiger partial charge on any atom is 0.257 e. The minimum absolute atomic E-state index is 0. The van der Waals surface area contributed by atoms with Gasteiger partial charge in [0, 0.05) is 18.7 Å². The minimum Gasteiger partial charge on any atom is -0.334 e. The van der Waals surface area contributed by atoms with Crippen LogP contribution in [-0.4, -0.2) is 36.0 Å². The van der Waals surface area contributed by atoms with Gasteiger partial charge < -0.3 is 10.3 Å². The molecule has 2 fully saturated rings. The van der Waals surface area contributed by atoms with E-state index in [1.54, 1.807) is 24.3 Å². The molecule has 1 aromatic heterocycles. The van der Waals surface area contributed by atoms with Crippen molar-refractivity contribution in [1.29, 1.82) is 0 Å². The highest BCUT2D eigenvalue weighted by Crippen LogP contribution is 2.35. The molecule has 1 aliphatic heterocycles. The first-order valence-electron chi connectivity index (χ1n) is 8.73. The summed E-state index contributed by atoms with van der Waals surface area (Å²) in [4.78, 5) is 4.74. The first kappa shape index (κ1) is 19.3. The maximum atomic E-state index is 12.6. The first-order valence-corrected chi connectivity index (χ1v) is 10.2. The van der Waals surface area contributed by atoms with E-state index in [2.05, 4.69) is 10.1 Å². The normalized spacial score (nSPS) is 20.2. The van der Waals surface area contributed by atoms with Crippen molar-refractivity contribution >= 4 is 22.4 Å². The Morgan fingerprint density at radius 1 is 1.04 bits per heavy atom. The Balaban J connectivity index is 0.00000196. The molecule has 0 bridgehead atoms. The van der Waals surface area contributed by atoms with E-state index in [0.717, 1.165) is 38.5 Å². The molecule has 7 nitrogen and oxygen atoms in total. The van der Waals surface area contributed by atoms with Crippen molar-refractivity contribution in [3.63, 3.8) is 0 Å². The number of hydrogen-bond donors (Lipinski definition) is 1. The van der Waals surface area contributed by atoms with Crippen molar-refractivity contribution < 1.29 is 12.9 Å². The molecule has 2 aliphatic rings. The van der Waals surface area contributed by atoms with Crippen molar-refractivity contribution in [2.75, 3.05) is 13.1 Å². The fourth-order valence-electron chi connectivity index (χ4n) is 3.62. The molecule has 142 valence electrons. The second kappa shape index (κ2) is 7.26. The van der Waals surface area contributed by atoms with Crippen LogP contribution in [0.5, 0.6) is 0 Å². The van der Waals surface area contributed by atoms with Crippen LogP contribution in [0.1, 0.15) is 44.3 Å². The number of benzene rings is 1. The Morgan fingerprint density at radius 2 is 1.65 bits per heavy atom. The molecule has 0 spiro atoms.